The fraction of sp³-hybridized carbons (Fsp3) is 0.545. The van der Waals surface area contributed by atoms with Gasteiger partial charge in [-0.25, -0.2) is 4.98 Å². The Morgan fingerprint density at radius 2 is 2.40 bits per heavy atom. The molecule has 1 aliphatic carbocycles. The highest BCUT2D eigenvalue weighted by molar-refractivity contribution is 5.47. The van der Waals surface area contributed by atoms with Crippen molar-refractivity contribution in [2.24, 2.45) is 0 Å². The van der Waals surface area contributed by atoms with Gasteiger partial charge in [-0.3, -0.25) is 0 Å². The van der Waals surface area contributed by atoms with Crippen molar-refractivity contribution in [1.82, 2.24) is 4.98 Å². The Bertz CT molecular complexity index is 328. The lowest BCUT2D eigenvalue weighted by Crippen LogP contribution is -2.29. The zero-order valence-electron chi connectivity index (χ0n) is 8.82. The van der Waals surface area contributed by atoms with Crippen LogP contribution in [0.15, 0.2) is 18.3 Å². The predicted molar refractivity (Wildman–Crippen MR) is 56.4 cm³/mol. The van der Waals surface area contributed by atoms with Crippen molar-refractivity contribution >= 4 is 5.69 Å². The Morgan fingerprint density at radius 1 is 1.60 bits per heavy atom. The first-order valence-corrected chi connectivity index (χ1v) is 5.18. The Morgan fingerprint density at radius 3 is 3.00 bits per heavy atom. The summed E-state index contributed by atoms with van der Waals surface area (Å²) >= 11 is 0. The minimum Gasteiger partial charge on any atom is -0.383 e. The molecule has 0 saturated heterocycles. The quantitative estimate of drug-likeness (QED) is 0.693. The van der Waals surface area contributed by atoms with Gasteiger partial charge >= 0.3 is 0 Å². The number of hydrogen-bond donors (Lipinski definition) is 0. The molecule has 0 N–H and O–H groups in total. The summed E-state index contributed by atoms with van der Waals surface area (Å²) in [7, 11) is 1.68. The van der Waals surface area contributed by atoms with Gasteiger partial charge in [-0.2, -0.15) is 4.39 Å². The van der Waals surface area contributed by atoms with E-state index in [4.69, 9.17) is 4.74 Å². The third kappa shape index (κ3) is 2.65. The first-order chi connectivity index (χ1) is 7.31. The van der Waals surface area contributed by atoms with Gasteiger partial charge in [0.15, 0.2) is 0 Å². The molecule has 1 heterocycles. The van der Waals surface area contributed by atoms with Crippen molar-refractivity contribution in [3.63, 3.8) is 0 Å². The van der Waals surface area contributed by atoms with Gasteiger partial charge in [0.05, 0.1) is 6.61 Å². The van der Waals surface area contributed by atoms with Crippen LogP contribution >= 0.6 is 0 Å². The van der Waals surface area contributed by atoms with Gasteiger partial charge in [-0.15, -0.1) is 0 Å². The molecule has 3 nitrogen and oxygen atoms in total. The molecule has 0 aromatic carbocycles. The zero-order valence-corrected chi connectivity index (χ0v) is 8.82. The standard InChI is InChI=1S/C11H15FN2O/c1-15-7-6-14(9-2-3-9)10-4-5-13-11(12)8-10/h4-5,8-9H,2-3,6-7H2,1H3. The van der Waals surface area contributed by atoms with E-state index in [1.54, 1.807) is 7.11 Å². The van der Waals surface area contributed by atoms with Crippen LogP contribution in [0, 0.1) is 5.95 Å². The maximum absolute atomic E-state index is 13.0. The van der Waals surface area contributed by atoms with E-state index in [1.165, 1.54) is 25.1 Å². The van der Waals surface area contributed by atoms with Crippen LogP contribution in [0.5, 0.6) is 0 Å². The van der Waals surface area contributed by atoms with Gasteiger partial charge in [0, 0.05) is 37.6 Å². The molecule has 0 radical (unpaired) electrons. The number of methoxy groups -OCH3 is 1. The number of anilines is 1. The van der Waals surface area contributed by atoms with Gasteiger partial charge in [0.1, 0.15) is 0 Å². The van der Waals surface area contributed by atoms with E-state index in [0.717, 1.165) is 12.2 Å². The zero-order chi connectivity index (χ0) is 10.7. The second-order valence-electron chi connectivity index (χ2n) is 3.75. The fourth-order valence-electron chi connectivity index (χ4n) is 1.67. The Kier molecular flexibility index (Phi) is 3.16. The van der Waals surface area contributed by atoms with E-state index in [2.05, 4.69) is 9.88 Å². The summed E-state index contributed by atoms with van der Waals surface area (Å²) in [5, 5.41) is 0. The van der Waals surface area contributed by atoms with Crippen molar-refractivity contribution in [2.75, 3.05) is 25.2 Å². The smallest absolute Gasteiger partial charge is 0.214 e. The average molecular weight is 210 g/mol. The molecule has 2 rings (SSSR count). The summed E-state index contributed by atoms with van der Waals surface area (Å²) in [6, 6.07) is 3.88. The molecule has 15 heavy (non-hydrogen) atoms. The molecule has 0 spiro atoms. The van der Waals surface area contributed by atoms with Gasteiger partial charge in [-0.1, -0.05) is 0 Å². The molecule has 0 bridgehead atoms. The minimum absolute atomic E-state index is 0.421. The summed E-state index contributed by atoms with van der Waals surface area (Å²) in [5.41, 5.74) is 0.905. The molecule has 4 heteroatoms. The molecule has 1 saturated carbocycles. The summed E-state index contributed by atoms with van der Waals surface area (Å²) in [6.45, 7) is 1.48. The Hall–Kier alpha value is -1.16. The van der Waals surface area contributed by atoms with Crippen LogP contribution in [-0.4, -0.2) is 31.3 Å². The van der Waals surface area contributed by atoms with E-state index >= 15 is 0 Å². The third-order valence-corrected chi connectivity index (χ3v) is 2.57. The fourth-order valence-corrected chi connectivity index (χ4v) is 1.67. The molecular formula is C11H15FN2O. The van der Waals surface area contributed by atoms with Gasteiger partial charge in [-0.05, 0) is 18.9 Å². The van der Waals surface area contributed by atoms with Gasteiger partial charge in [0.25, 0.3) is 0 Å². The summed E-state index contributed by atoms with van der Waals surface area (Å²) in [4.78, 5) is 5.75. The molecule has 1 aromatic heterocycles. The van der Waals surface area contributed by atoms with E-state index in [0.29, 0.717) is 12.6 Å². The molecule has 0 amide bonds. The lowest BCUT2D eigenvalue weighted by molar-refractivity contribution is 0.205. The molecular weight excluding hydrogens is 195 g/mol. The van der Waals surface area contributed by atoms with Gasteiger partial charge in [0.2, 0.25) is 5.95 Å². The number of pyridine rings is 1. The van der Waals surface area contributed by atoms with E-state index in [1.807, 2.05) is 6.07 Å². The van der Waals surface area contributed by atoms with Crippen molar-refractivity contribution < 1.29 is 9.13 Å². The third-order valence-electron chi connectivity index (χ3n) is 2.57. The van der Waals surface area contributed by atoms with E-state index < -0.39 is 5.95 Å². The maximum Gasteiger partial charge on any atom is 0.214 e. The minimum atomic E-state index is -0.421. The molecule has 1 aromatic rings. The van der Waals surface area contributed by atoms with Crippen LogP contribution in [0.4, 0.5) is 10.1 Å². The van der Waals surface area contributed by atoms with Crippen LogP contribution < -0.4 is 4.90 Å². The molecule has 0 atom stereocenters. The Balaban J connectivity index is 2.09. The van der Waals surface area contributed by atoms with Gasteiger partial charge < -0.3 is 9.64 Å². The first kappa shape index (κ1) is 10.4. The van der Waals surface area contributed by atoms with Crippen molar-refractivity contribution in [3.8, 4) is 0 Å². The number of halogens is 1. The predicted octanol–water partition coefficient (Wildman–Crippen LogP) is 1.84. The maximum atomic E-state index is 13.0. The lowest BCUT2D eigenvalue weighted by atomic mass is 10.3. The van der Waals surface area contributed by atoms with Crippen LogP contribution in [0.25, 0.3) is 0 Å². The Labute approximate surface area is 88.9 Å². The number of nitrogens with zero attached hydrogens (tertiary/aromatic N) is 2. The molecule has 1 aliphatic rings. The molecule has 82 valence electrons. The van der Waals surface area contributed by atoms with Crippen LogP contribution in [0.3, 0.4) is 0 Å². The monoisotopic (exact) mass is 210 g/mol. The van der Waals surface area contributed by atoms with Crippen molar-refractivity contribution in [2.45, 2.75) is 18.9 Å². The van der Waals surface area contributed by atoms with E-state index in [9.17, 15) is 4.39 Å². The largest absolute Gasteiger partial charge is 0.383 e. The first-order valence-electron chi connectivity index (χ1n) is 5.18. The number of rotatable bonds is 5. The lowest BCUT2D eigenvalue weighted by Gasteiger charge is -2.24. The second kappa shape index (κ2) is 4.57. The van der Waals surface area contributed by atoms with Crippen LogP contribution in [-0.2, 0) is 4.74 Å². The second-order valence-corrected chi connectivity index (χ2v) is 3.75. The normalized spacial score (nSPS) is 15.3. The highest BCUT2D eigenvalue weighted by Gasteiger charge is 2.29. The molecule has 0 aliphatic heterocycles. The molecule has 1 fully saturated rings. The number of hydrogen-bond acceptors (Lipinski definition) is 3. The topological polar surface area (TPSA) is 25.4 Å². The molecule has 0 unspecified atom stereocenters. The average Bonchev–Trinajstić information content (AvgIpc) is 3.03. The highest BCUT2D eigenvalue weighted by Crippen LogP contribution is 2.31. The highest BCUT2D eigenvalue weighted by atomic mass is 19.1. The van der Waals surface area contributed by atoms with Crippen molar-refractivity contribution in [1.29, 1.82) is 0 Å². The van der Waals surface area contributed by atoms with Crippen LogP contribution in [0.1, 0.15) is 12.8 Å². The SMILES string of the molecule is COCCN(c1ccnc(F)c1)C1CC1. The summed E-state index contributed by atoms with van der Waals surface area (Å²) in [5.74, 6) is -0.421. The summed E-state index contributed by atoms with van der Waals surface area (Å²) < 4.78 is 18.0. The summed E-state index contributed by atoms with van der Waals surface area (Å²) in [6.07, 6.45) is 3.88. The van der Waals surface area contributed by atoms with Crippen LogP contribution in [0.2, 0.25) is 0 Å². The van der Waals surface area contributed by atoms with E-state index in [-0.39, 0.29) is 0 Å². The van der Waals surface area contributed by atoms with Crippen molar-refractivity contribution in [3.05, 3.63) is 24.3 Å². The number of aromatic nitrogens is 1. The number of ether oxygens (including phenoxy) is 1.